The highest BCUT2D eigenvalue weighted by atomic mass is 35.5. The smallest absolute Gasteiger partial charge is 0.251 e. The van der Waals surface area contributed by atoms with Crippen LogP contribution in [0.15, 0.2) is 43.0 Å². The Morgan fingerprint density at radius 1 is 1.19 bits per heavy atom. The lowest BCUT2D eigenvalue weighted by Crippen LogP contribution is -2.23. The summed E-state index contributed by atoms with van der Waals surface area (Å²) in [4.78, 5) is 12.6. The summed E-state index contributed by atoms with van der Waals surface area (Å²) in [6.07, 6.45) is 2.37. The van der Waals surface area contributed by atoms with Crippen LogP contribution in [0.2, 0.25) is 0 Å². The number of rotatable bonds is 7. The van der Waals surface area contributed by atoms with Gasteiger partial charge in [0, 0.05) is 30.8 Å². The van der Waals surface area contributed by atoms with Crippen LogP contribution in [0.25, 0.3) is 0 Å². The van der Waals surface area contributed by atoms with Crippen LogP contribution in [-0.2, 0) is 26.1 Å². The standard InChI is InChI=1S/C21H24N2O3.ClH/c1-4-5-15-9-17(10-19(25-2)20(15)26-3)21(24)23-11-14-6-7-16-12-22-13-18(16)8-14;/h4,6-10,22H,1,5,11-13H2,2-3H3,(H,23,24);1H. The molecule has 0 saturated heterocycles. The van der Waals surface area contributed by atoms with Crippen LogP contribution in [0, 0.1) is 0 Å². The number of nitrogens with one attached hydrogen (secondary N) is 2. The second-order valence-corrected chi connectivity index (χ2v) is 6.25. The van der Waals surface area contributed by atoms with Gasteiger partial charge < -0.3 is 20.1 Å². The Morgan fingerprint density at radius 2 is 1.96 bits per heavy atom. The van der Waals surface area contributed by atoms with Crippen molar-refractivity contribution in [3.05, 3.63) is 70.8 Å². The fourth-order valence-electron chi connectivity index (χ4n) is 3.22. The number of hydrogen-bond donors (Lipinski definition) is 2. The number of methoxy groups -OCH3 is 2. The van der Waals surface area contributed by atoms with E-state index in [4.69, 9.17) is 9.47 Å². The number of allylic oxidation sites excluding steroid dienone is 1. The first-order valence-corrected chi connectivity index (χ1v) is 8.61. The van der Waals surface area contributed by atoms with Crippen molar-refractivity contribution < 1.29 is 14.3 Å². The maximum Gasteiger partial charge on any atom is 0.251 e. The summed E-state index contributed by atoms with van der Waals surface area (Å²) in [5.41, 5.74) is 5.13. The van der Waals surface area contributed by atoms with E-state index in [9.17, 15) is 4.79 Å². The average Bonchev–Trinajstić information content (AvgIpc) is 3.13. The summed E-state index contributed by atoms with van der Waals surface area (Å²) in [7, 11) is 3.16. The third kappa shape index (κ3) is 4.62. The maximum absolute atomic E-state index is 12.6. The van der Waals surface area contributed by atoms with E-state index in [0.29, 0.717) is 30.0 Å². The zero-order valence-corrected chi connectivity index (χ0v) is 16.4. The predicted molar refractivity (Wildman–Crippen MR) is 109 cm³/mol. The number of ether oxygens (including phenoxy) is 2. The second kappa shape index (κ2) is 9.44. The first kappa shape index (κ1) is 20.8. The van der Waals surface area contributed by atoms with E-state index in [1.165, 1.54) is 11.1 Å². The molecule has 2 aromatic rings. The summed E-state index contributed by atoms with van der Waals surface area (Å²) in [6, 6.07) is 9.85. The Morgan fingerprint density at radius 3 is 2.67 bits per heavy atom. The Labute approximate surface area is 166 Å². The van der Waals surface area contributed by atoms with E-state index < -0.39 is 0 Å². The van der Waals surface area contributed by atoms with Gasteiger partial charge in [-0.15, -0.1) is 19.0 Å². The number of amides is 1. The van der Waals surface area contributed by atoms with Crippen LogP contribution in [-0.4, -0.2) is 20.1 Å². The van der Waals surface area contributed by atoms with Gasteiger partial charge in [-0.25, -0.2) is 0 Å². The van der Waals surface area contributed by atoms with Gasteiger partial charge in [0.1, 0.15) is 0 Å². The van der Waals surface area contributed by atoms with Crippen molar-refractivity contribution in [2.24, 2.45) is 0 Å². The van der Waals surface area contributed by atoms with Gasteiger partial charge >= 0.3 is 0 Å². The molecule has 3 rings (SSSR count). The molecular formula is C21H25ClN2O3. The first-order valence-electron chi connectivity index (χ1n) is 8.61. The molecule has 0 spiro atoms. The molecule has 6 heteroatoms. The Bertz CT molecular complexity index is 836. The summed E-state index contributed by atoms with van der Waals surface area (Å²) >= 11 is 0. The van der Waals surface area contributed by atoms with Gasteiger partial charge in [-0.1, -0.05) is 24.3 Å². The summed E-state index contributed by atoms with van der Waals surface area (Å²) in [5, 5.41) is 6.31. The molecular weight excluding hydrogens is 364 g/mol. The van der Waals surface area contributed by atoms with Crippen molar-refractivity contribution in [3.8, 4) is 11.5 Å². The molecule has 0 unspecified atom stereocenters. The normalized spacial score (nSPS) is 11.9. The highest BCUT2D eigenvalue weighted by Crippen LogP contribution is 2.33. The molecule has 0 bridgehead atoms. The van der Waals surface area contributed by atoms with Crippen LogP contribution in [0.5, 0.6) is 11.5 Å². The molecule has 2 aromatic carbocycles. The molecule has 0 aromatic heterocycles. The molecule has 1 aliphatic heterocycles. The fraction of sp³-hybridized carbons (Fsp3) is 0.286. The molecule has 0 aliphatic carbocycles. The number of halogens is 1. The van der Waals surface area contributed by atoms with Gasteiger partial charge in [-0.3, -0.25) is 4.79 Å². The van der Waals surface area contributed by atoms with Crippen LogP contribution >= 0.6 is 12.4 Å². The molecule has 0 atom stereocenters. The predicted octanol–water partition coefficient (Wildman–Crippen LogP) is 3.39. The summed E-state index contributed by atoms with van der Waals surface area (Å²) in [5.74, 6) is 1.03. The van der Waals surface area contributed by atoms with Crippen molar-refractivity contribution in [1.82, 2.24) is 10.6 Å². The van der Waals surface area contributed by atoms with Crippen molar-refractivity contribution in [3.63, 3.8) is 0 Å². The Balaban J connectivity index is 0.00000261. The SMILES string of the molecule is C=CCc1cc(C(=O)NCc2ccc3c(c2)CNC3)cc(OC)c1OC.Cl. The van der Waals surface area contributed by atoms with E-state index >= 15 is 0 Å². The first-order chi connectivity index (χ1) is 12.7. The number of fused-ring (bicyclic) bond motifs is 1. The zero-order chi connectivity index (χ0) is 18.5. The summed E-state index contributed by atoms with van der Waals surface area (Å²) in [6.45, 7) is 6.05. The lowest BCUT2D eigenvalue weighted by Gasteiger charge is -2.14. The van der Waals surface area contributed by atoms with E-state index in [2.05, 4.69) is 35.4 Å². The zero-order valence-electron chi connectivity index (χ0n) is 15.6. The molecule has 1 aliphatic rings. The molecule has 0 radical (unpaired) electrons. The third-order valence-corrected chi connectivity index (χ3v) is 4.54. The largest absolute Gasteiger partial charge is 0.493 e. The maximum atomic E-state index is 12.6. The molecule has 2 N–H and O–H groups in total. The van der Waals surface area contributed by atoms with Crippen molar-refractivity contribution >= 4 is 18.3 Å². The Hall–Kier alpha value is -2.50. The van der Waals surface area contributed by atoms with Gasteiger partial charge in [0.05, 0.1) is 14.2 Å². The number of carbonyl (C=O) groups excluding carboxylic acids is 1. The quantitative estimate of drug-likeness (QED) is 0.714. The molecule has 1 amide bonds. The van der Waals surface area contributed by atoms with Gasteiger partial charge in [0.2, 0.25) is 0 Å². The Kier molecular flexibility index (Phi) is 7.28. The van der Waals surface area contributed by atoms with E-state index in [1.807, 2.05) is 6.07 Å². The van der Waals surface area contributed by atoms with Gasteiger partial charge in [0.25, 0.3) is 5.91 Å². The van der Waals surface area contributed by atoms with Crippen molar-refractivity contribution in [1.29, 1.82) is 0 Å². The topological polar surface area (TPSA) is 59.6 Å². The van der Waals surface area contributed by atoms with Gasteiger partial charge in [-0.2, -0.15) is 0 Å². The molecule has 27 heavy (non-hydrogen) atoms. The van der Waals surface area contributed by atoms with Gasteiger partial charge in [0.15, 0.2) is 11.5 Å². The lowest BCUT2D eigenvalue weighted by molar-refractivity contribution is 0.0950. The lowest BCUT2D eigenvalue weighted by atomic mass is 10.0. The third-order valence-electron chi connectivity index (χ3n) is 4.54. The van der Waals surface area contributed by atoms with Crippen LogP contribution in [0.3, 0.4) is 0 Å². The molecule has 144 valence electrons. The minimum atomic E-state index is -0.144. The van der Waals surface area contributed by atoms with Crippen LogP contribution < -0.4 is 20.1 Å². The highest BCUT2D eigenvalue weighted by Gasteiger charge is 2.16. The molecule has 1 heterocycles. The highest BCUT2D eigenvalue weighted by molar-refractivity contribution is 5.95. The average molecular weight is 389 g/mol. The van der Waals surface area contributed by atoms with E-state index in [-0.39, 0.29) is 18.3 Å². The monoisotopic (exact) mass is 388 g/mol. The molecule has 0 saturated carbocycles. The van der Waals surface area contributed by atoms with E-state index in [1.54, 1.807) is 26.4 Å². The van der Waals surface area contributed by atoms with Crippen molar-refractivity contribution in [2.45, 2.75) is 26.1 Å². The fourth-order valence-corrected chi connectivity index (χ4v) is 3.22. The number of benzene rings is 2. The van der Waals surface area contributed by atoms with Crippen LogP contribution in [0.4, 0.5) is 0 Å². The molecule has 0 fully saturated rings. The number of carbonyl (C=O) groups is 1. The molecule has 5 nitrogen and oxygen atoms in total. The van der Waals surface area contributed by atoms with E-state index in [0.717, 1.165) is 24.2 Å². The van der Waals surface area contributed by atoms with Crippen molar-refractivity contribution in [2.75, 3.05) is 14.2 Å². The number of hydrogen-bond acceptors (Lipinski definition) is 4. The van der Waals surface area contributed by atoms with Gasteiger partial charge in [-0.05, 0) is 35.2 Å². The van der Waals surface area contributed by atoms with Crippen LogP contribution in [0.1, 0.15) is 32.6 Å². The minimum absolute atomic E-state index is 0. The second-order valence-electron chi connectivity index (χ2n) is 6.25. The summed E-state index contributed by atoms with van der Waals surface area (Å²) < 4.78 is 10.8. The minimum Gasteiger partial charge on any atom is -0.493 e.